The van der Waals surface area contributed by atoms with Crippen LogP contribution >= 0.6 is 22.6 Å². The third-order valence-corrected chi connectivity index (χ3v) is 6.74. The first-order valence-corrected chi connectivity index (χ1v) is 11.0. The lowest BCUT2D eigenvalue weighted by Crippen LogP contribution is -2.24. The van der Waals surface area contributed by atoms with E-state index in [1.165, 1.54) is 6.08 Å². The van der Waals surface area contributed by atoms with Gasteiger partial charge in [0.15, 0.2) is 0 Å². The second-order valence-electron chi connectivity index (χ2n) is 7.70. The fraction of sp³-hybridized carbons (Fsp3) is 0.208. The standard InChI is InChI=1S/C24H24IN5O/c1-7-20(31)29(5)19-10-16(9-8-13(19)2)22-21-14(3)17(11-26-24(21)28-23(22)25)18-12-27-30(6)15(18)4/h7-12H,1H2,2-6H3,(H,26,28). The third-order valence-electron chi connectivity index (χ3n) is 5.93. The average Bonchev–Trinajstić information content (AvgIpc) is 3.27. The summed E-state index contributed by atoms with van der Waals surface area (Å²) in [5, 5.41) is 5.48. The van der Waals surface area contributed by atoms with Crippen LogP contribution in [0.5, 0.6) is 0 Å². The van der Waals surface area contributed by atoms with E-state index >= 15 is 0 Å². The highest BCUT2D eigenvalue weighted by Crippen LogP contribution is 2.40. The first kappa shape index (κ1) is 21.3. The number of carbonyl (C=O) groups excluding carboxylic acids is 1. The highest BCUT2D eigenvalue weighted by Gasteiger charge is 2.20. The monoisotopic (exact) mass is 525 g/mol. The quantitative estimate of drug-likeness (QED) is 0.290. The Labute approximate surface area is 195 Å². The minimum absolute atomic E-state index is 0.138. The van der Waals surface area contributed by atoms with Gasteiger partial charge in [0.25, 0.3) is 0 Å². The van der Waals surface area contributed by atoms with Crippen LogP contribution in [0.25, 0.3) is 33.3 Å². The molecule has 6 nitrogen and oxygen atoms in total. The van der Waals surface area contributed by atoms with E-state index in [0.717, 1.165) is 59.5 Å². The van der Waals surface area contributed by atoms with Gasteiger partial charge in [0.05, 0.1) is 9.90 Å². The van der Waals surface area contributed by atoms with Crippen molar-refractivity contribution in [1.82, 2.24) is 19.7 Å². The number of halogens is 1. The summed E-state index contributed by atoms with van der Waals surface area (Å²) in [7, 11) is 3.71. The second-order valence-corrected chi connectivity index (χ2v) is 8.78. The number of nitrogens with zero attached hydrogens (tertiary/aromatic N) is 4. The molecule has 0 saturated carbocycles. The predicted octanol–water partition coefficient (Wildman–Crippen LogP) is 5.31. The molecule has 0 aliphatic rings. The number of benzene rings is 1. The zero-order valence-corrected chi connectivity index (χ0v) is 20.4. The molecule has 3 aromatic heterocycles. The van der Waals surface area contributed by atoms with Gasteiger partial charge in [-0.3, -0.25) is 9.48 Å². The Balaban J connectivity index is 1.96. The van der Waals surface area contributed by atoms with E-state index in [9.17, 15) is 4.79 Å². The average molecular weight is 525 g/mol. The van der Waals surface area contributed by atoms with Gasteiger partial charge in [-0.25, -0.2) is 4.98 Å². The summed E-state index contributed by atoms with van der Waals surface area (Å²) in [5.74, 6) is -0.138. The number of nitrogens with one attached hydrogen (secondary N) is 1. The van der Waals surface area contributed by atoms with E-state index < -0.39 is 0 Å². The van der Waals surface area contributed by atoms with Gasteiger partial charge in [-0.05, 0) is 72.2 Å². The molecule has 1 amide bonds. The molecule has 3 heterocycles. The molecule has 0 fully saturated rings. The number of anilines is 1. The fourth-order valence-electron chi connectivity index (χ4n) is 3.97. The molecule has 0 aliphatic heterocycles. The summed E-state index contributed by atoms with van der Waals surface area (Å²) in [4.78, 5) is 22.0. The second kappa shape index (κ2) is 7.96. The van der Waals surface area contributed by atoms with Crippen molar-refractivity contribution in [2.75, 3.05) is 11.9 Å². The van der Waals surface area contributed by atoms with Gasteiger partial charge >= 0.3 is 0 Å². The Morgan fingerprint density at radius 1 is 1.23 bits per heavy atom. The number of aromatic nitrogens is 4. The van der Waals surface area contributed by atoms with Crippen molar-refractivity contribution >= 4 is 45.2 Å². The lowest BCUT2D eigenvalue weighted by molar-refractivity contribution is -0.113. The molecule has 4 aromatic rings. The lowest BCUT2D eigenvalue weighted by Gasteiger charge is -2.19. The number of carbonyl (C=O) groups is 1. The Bertz CT molecular complexity index is 1350. The van der Waals surface area contributed by atoms with Crippen LogP contribution in [0, 0.1) is 24.5 Å². The molecule has 4 rings (SSSR count). The van der Waals surface area contributed by atoms with E-state index in [4.69, 9.17) is 4.98 Å². The topological polar surface area (TPSA) is 66.8 Å². The molecule has 0 saturated heterocycles. The molecule has 0 atom stereocenters. The summed E-state index contributed by atoms with van der Waals surface area (Å²) in [6, 6.07) is 6.20. The molecular weight excluding hydrogens is 501 g/mol. The van der Waals surface area contributed by atoms with Crippen LogP contribution in [0.2, 0.25) is 0 Å². The molecule has 158 valence electrons. The number of rotatable bonds is 4. The molecule has 0 unspecified atom stereocenters. The largest absolute Gasteiger partial charge is 0.334 e. The van der Waals surface area contributed by atoms with Crippen molar-refractivity contribution in [3.8, 4) is 22.3 Å². The molecule has 0 spiro atoms. The minimum atomic E-state index is -0.138. The van der Waals surface area contributed by atoms with Crippen LogP contribution in [0.4, 0.5) is 5.69 Å². The van der Waals surface area contributed by atoms with Crippen molar-refractivity contribution in [3.05, 3.63) is 63.8 Å². The van der Waals surface area contributed by atoms with Gasteiger partial charge in [-0.1, -0.05) is 18.7 Å². The smallest absolute Gasteiger partial charge is 0.250 e. The van der Waals surface area contributed by atoms with Crippen LogP contribution in [0.3, 0.4) is 0 Å². The molecule has 0 bridgehead atoms. The SMILES string of the molecule is C=CC(=O)N(C)c1cc(-c2c(I)[nH]c3ncc(-c4cnn(C)c4C)c(C)c23)ccc1C. The van der Waals surface area contributed by atoms with E-state index in [-0.39, 0.29) is 5.91 Å². The number of H-pyrrole nitrogens is 1. The summed E-state index contributed by atoms with van der Waals surface area (Å²) in [6.07, 6.45) is 5.13. The Kier molecular flexibility index (Phi) is 5.47. The third kappa shape index (κ3) is 3.46. The van der Waals surface area contributed by atoms with Crippen molar-refractivity contribution < 1.29 is 4.79 Å². The van der Waals surface area contributed by atoms with E-state index in [1.807, 2.05) is 37.1 Å². The fourth-order valence-corrected chi connectivity index (χ4v) is 4.80. The first-order chi connectivity index (χ1) is 14.7. The van der Waals surface area contributed by atoms with Gasteiger partial charge in [-0.15, -0.1) is 0 Å². The zero-order valence-electron chi connectivity index (χ0n) is 18.2. The molecule has 31 heavy (non-hydrogen) atoms. The van der Waals surface area contributed by atoms with Gasteiger partial charge in [0.2, 0.25) is 5.91 Å². The summed E-state index contributed by atoms with van der Waals surface area (Å²) in [6.45, 7) is 9.80. The maximum Gasteiger partial charge on any atom is 0.250 e. The molecule has 1 aromatic carbocycles. The first-order valence-electron chi connectivity index (χ1n) is 9.91. The van der Waals surface area contributed by atoms with Gasteiger partial charge in [0.1, 0.15) is 5.65 Å². The zero-order chi connectivity index (χ0) is 22.4. The minimum Gasteiger partial charge on any atom is -0.334 e. The van der Waals surface area contributed by atoms with Crippen LogP contribution in [-0.4, -0.2) is 32.7 Å². The van der Waals surface area contributed by atoms with Gasteiger partial charge < -0.3 is 9.88 Å². The summed E-state index contributed by atoms with van der Waals surface area (Å²) >= 11 is 2.32. The number of likely N-dealkylation sites (N-methyl/N-ethyl adjacent to an activating group) is 1. The number of fused-ring (bicyclic) bond motifs is 1. The Morgan fingerprint density at radius 3 is 2.61 bits per heavy atom. The van der Waals surface area contributed by atoms with Crippen molar-refractivity contribution in [1.29, 1.82) is 0 Å². The maximum absolute atomic E-state index is 12.2. The molecule has 0 aliphatic carbocycles. The number of pyridine rings is 1. The van der Waals surface area contributed by atoms with Crippen molar-refractivity contribution in [2.45, 2.75) is 20.8 Å². The molecule has 0 radical (unpaired) electrons. The van der Waals surface area contributed by atoms with Gasteiger partial charge in [-0.2, -0.15) is 5.10 Å². The van der Waals surface area contributed by atoms with Crippen LogP contribution in [0.15, 0.2) is 43.2 Å². The van der Waals surface area contributed by atoms with Crippen LogP contribution < -0.4 is 4.90 Å². The predicted molar refractivity (Wildman–Crippen MR) is 134 cm³/mol. The lowest BCUT2D eigenvalue weighted by atomic mass is 9.96. The molecule has 7 heteroatoms. The Morgan fingerprint density at radius 2 is 1.97 bits per heavy atom. The number of amides is 1. The summed E-state index contributed by atoms with van der Waals surface area (Å²) < 4.78 is 2.88. The van der Waals surface area contributed by atoms with E-state index in [1.54, 1.807) is 11.9 Å². The van der Waals surface area contributed by atoms with Crippen LogP contribution in [0.1, 0.15) is 16.8 Å². The molecule has 1 N–H and O–H groups in total. The van der Waals surface area contributed by atoms with E-state index in [2.05, 4.69) is 65.2 Å². The Hall–Kier alpha value is -2.94. The van der Waals surface area contributed by atoms with Gasteiger partial charge in [0, 0.05) is 53.8 Å². The highest BCUT2D eigenvalue weighted by atomic mass is 127. The van der Waals surface area contributed by atoms with Crippen molar-refractivity contribution in [3.63, 3.8) is 0 Å². The number of aromatic amines is 1. The summed E-state index contributed by atoms with van der Waals surface area (Å²) in [5.41, 5.74) is 9.24. The molecular formula is C24H24IN5O. The van der Waals surface area contributed by atoms with Crippen molar-refractivity contribution in [2.24, 2.45) is 7.05 Å². The number of hydrogen-bond acceptors (Lipinski definition) is 3. The van der Waals surface area contributed by atoms with E-state index in [0.29, 0.717) is 0 Å². The highest BCUT2D eigenvalue weighted by molar-refractivity contribution is 14.1. The number of aryl methyl sites for hydroxylation is 3. The number of hydrogen-bond donors (Lipinski definition) is 1. The maximum atomic E-state index is 12.2. The normalized spacial score (nSPS) is 11.2. The van der Waals surface area contributed by atoms with Crippen LogP contribution in [-0.2, 0) is 11.8 Å².